The van der Waals surface area contributed by atoms with E-state index in [4.69, 9.17) is 4.74 Å². The second-order valence-corrected chi connectivity index (χ2v) is 6.13. The molecule has 0 aliphatic carbocycles. The third kappa shape index (κ3) is 4.93. The van der Waals surface area contributed by atoms with Crippen LogP contribution in [0.25, 0.3) is 0 Å². The number of piperidine rings is 1. The van der Waals surface area contributed by atoms with E-state index in [-0.39, 0.29) is 0 Å². The zero-order chi connectivity index (χ0) is 15.1. The maximum absolute atomic E-state index is 5.00. The summed E-state index contributed by atoms with van der Waals surface area (Å²) in [5, 5.41) is 3.30. The normalized spacial score (nSPS) is 16.7. The average molecular weight is 292 g/mol. The van der Waals surface area contributed by atoms with Crippen molar-refractivity contribution in [3.05, 3.63) is 18.0 Å². The lowest BCUT2D eigenvalue weighted by Gasteiger charge is -2.33. The van der Waals surface area contributed by atoms with Crippen LogP contribution in [0.1, 0.15) is 32.3 Å². The van der Waals surface area contributed by atoms with Crippen molar-refractivity contribution in [2.24, 2.45) is 11.8 Å². The standard InChI is InChI=1S/C16H28N4O/c1-13(2)15-4-7-20(8-5-15)16-18-11-14(12-19-16)10-17-6-9-21-3/h11-13,15,17H,4-10H2,1-3H3. The molecule has 1 fully saturated rings. The SMILES string of the molecule is COCCNCc1cnc(N2CCC(C(C)C)CC2)nc1. The summed E-state index contributed by atoms with van der Waals surface area (Å²) in [6.45, 7) is 9.16. The molecule has 1 aromatic heterocycles. The van der Waals surface area contributed by atoms with Gasteiger partial charge in [0.05, 0.1) is 6.61 Å². The van der Waals surface area contributed by atoms with Crippen molar-refractivity contribution in [1.82, 2.24) is 15.3 Å². The molecule has 0 saturated carbocycles. The van der Waals surface area contributed by atoms with Gasteiger partial charge in [0.1, 0.15) is 0 Å². The van der Waals surface area contributed by atoms with Gasteiger partial charge >= 0.3 is 0 Å². The van der Waals surface area contributed by atoms with Crippen molar-refractivity contribution in [3.8, 4) is 0 Å². The molecule has 1 aliphatic rings. The highest BCUT2D eigenvalue weighted by molar-refractivity contribution is 5.30. The highest BCUT2D eigenvalue weighted by atomic mass is 16.5. The molecule has 1 aliphatic heterocycles. The maximum Gasteiger partial charge on any atom is 0.225 e. The van der Waals surface area contributed by atoms with Gasteiger partial charge in [0.2, 0.25) is 5.95 Å². The molecule has 2 heterocycles. The van der Waals surface area contributed by atoms with Gasteiger partial charge in [0.25, 0.3) is 0 Å². The monoisotopic (exact) mass is 292 g/mol. The third-order valence-corrected chi connectivity index (χ3v) is 4.27. The van der Waals surface area contributed by atoms with Crippen molar-refractivity contribution in [2.45, 2.75) is 33.2 Å². The number of anilines is 1. The predicted octanol–water partition coefficient (Wildman–Crippen LogP) is 2.08. The largest absolute Gasteiger partial charge is 0.383 e. The van der Waals surface area contributed by atoms with Gasteiger partial charge in [-0.15, -0.1) is 0 Å². The first-order chi connectivity index (χ1) is 10.2. The Balaban J connectivity index is 1.80. The molecular formula is C16H28N4O. The first-order valence-electron chi connectivity index (χ1n) is 7.96. The molecule has 1 saturated heterocycles. The van der Waals surface area contributed by atoms with E-state index in [0.29, 0.717) is 0 Å². The van der Waals surface area contributed by atoms with Crippen molar-refractivity contribution < 1.29 is 4.74 Å². The molecule has 0 atom stereocenters. The van der Waals surface area contributed by atoms with E-state index in [1.807, 2.05) is 12.4 Å². The van der Waals surface area contributed by atoms with Crippen LogP contribution in [0.2, 0.25) is 0 Å². The molecule has 21 heavy (non-hydrogen) atoms. The summed E-state index contributed by atoms with van der Waals surface area (Å²) in [5.41, 5.74) is 1.12. The summed E-state index contributed by atoms with van der Waals surface area (Å²) < 4.78 is 5.00. The topological polar surface area (TPSA) is 50.3 Å². The molecule has 118 valence electrons. The van der Waals surface area contributed by atoms with Crippen molar-refractivity contribution in [2.75, 3.05) is 38.3 Å². The number of ether oxygens (including phenoxy) is 1. The van der Waals surface area contributed by atoms with E-state index in [1.165, 1.54) is 12.8 Å². The fraction of sp³-hybridized carbons (Fsp3) is 0.750. The Morgan fingerprint density at radius 3 is 2.52 bits per heavy atom. The van der Waals surface area contributed by atoms with Gasteiger partial charge < -0.3 is 15.0 Å². The number of aromatic nitrogens is 2. The Morgan fingerprint density at radius 1 is 1.29 bits per heavy atom. The quantitative estimate of drug-likeness (QED) is 0.780. The Bertz CT molecular complexity index is 399. The number of hydrogen-bond donors (Lipinski definition) is 1. The second kappa shape index (κ2) is 8.29. The van der Waals surface area contributed by atoms with E-state index in [2.05, 4.69) is 34.0 Å². The van der Waals surface area contributed by atoms with Crippen LogP contribution in [0.4, 0.5) is 5.95 Å². The first-order valence-corrected chi connectivity index (χ1v) is 7.96. The fourth-order valence-corrected chi connectivity index (χ4v) is 2.78. The third-order valence-electron chi connectivity index (χ3n) is 4.27. The summed E-state index contributed by atoms with van der Waals surface area (Å²) >= 11 is 0. The smallest absolute Gasteiger partial charge is 0.225 e. The molecule has 1 N–H and O–H groups in total. The summed E-state index contributed by atoms with van der Waals surface area (Å²) in [6, 6.07) is 0. The molecule has 0 aromatic carbocycles. The van der Waals surface area contributed by atoms with E-state index < -0.39 is 0 Å². The van der Waals surface area contributed by atoms with Gasteiger partial charge in [-0.05, 0) is 24.7 Å². The number of hydrogen-bond acceptors (Lipinski definition) is 5. The molecule has 0 radical (unpaired) electrons. The van der Waals surface area contributed by atoms with E-state index in [9.17, 15) is 0 Å². The molecule has 0 unspecified atom stereocenters. The van der Waals surface area contributed by atoms with Gasteiger partial charge in [-0.1, -0.05) is 13.8 Å². The molecule has 0 bridgehead atoms. The zero-order valence-corrected chi connectivity index (χ0v) is 13.5. The number of rotatable bonds is 7. The fourth-order valence-electron chi connectivity index (χ4n) is 2.78. The second-order valence-electron chi connectivity index (χ2n) is 6.13. The number of nitrogens with one attached hydrogen (secondary N) is 1. The summed E-state index contributed by atoms with van der Waals surface area (Å²) in [6.07, 6.45) is 6.36. The summed E-state index contributed by atoms with van der Waals surface area (Å²) in [4.78, 5) is 11.3. The van der Waals surface area contributed by atoms with Crippen LogP contribution < -0.4 is 10.2 Å². The van der Waals surface area contributed by atoms with Crippen molar-refractivity contribution in [1.29, 1.82) is 0 Å². The number of methoxy groups -OCH3 is 1. The lowest BCUT2D eigenvalue weighted by molar-refractivity contribution is 0.199. The van der Waals surface area contributed by atoms with Gasteiger partial charge in [-0.3, -0.25) is 0 Å². The van der Waals surface area contributed by atoms with E-state index >= 15 is 0 Å². The number of nitrogens with zero attached hydrogens (tertiary/aromatic N) is 3. The summed E-state index contributed by atoms with van der Waals surface area (Å²) in [7, 11) is 1.71. The Kier molecular flexibility index (Phi) is 6.39. The Morgan fingerprint density at radius 2 is 1.95 bits per heavy atom. The molecular weight excluding hydrogens is 264 g/mol. The molecule has 0 spiro atoms. The van der Waals surface area contributed by atoms with E-state index in [0.717, 1.165) is 56.1 Å². The van der Waals surface area contributed by atoms with Gasteiger partial charge in [0.15, 0.2) is 0 Å². The van der Waals surface area contributed by atoms with Crippen LogP contribution >= 0.6 is 0 Å². The lowest BCUT2D eigenvalue weighted by atomic mass is 9.87. The van der Waals surface area contributed by atoms with Crippen LogP contribution in [0, 0.1) is 11.8 Å². The van der Waals surface area contributed by atoms with E-state index in [1.54, 1.807) is 7.11 Å². The predicted molar refractivity (Wildman–Crippen MR) is 85.4 cm³/mol. The minimum absolute atomic E-state index is 0.726. The van der Waals surface area contributed by atoms with Crippen LogP contribution in [0.3, 0.4) is 0 Å². The van der Waals surface area contributed by atoms with Gasteiger partial charge in [0, 0.05) is 51.2 Å². The van der Waals surface area contributed by atoms with Gasteiger partial charge in [-0.25, -0.2) is 9.97 Å². The van der Waals surface area contributed by atoms with Crippen molar-refractivity contribution in [3.63, 3.8) is 0 Å². The summed E-state index contributed by atoms with van der Waals surface area (Å²) in [5.74, 6) is 2.51. The molecule has 5 nitrogen and oxygen atoms in total. The van der Waals surface area contributed by atoms with Crippen LogP contribution in [-0.2, 0) is 11.3 Å². The maximum atomic E-state index is 5.00. The minimum atomic E-state index is 0.726. The zero-order valence-electron chi connectivity index (χ0n) is 13.5. The molecule has 2 rings (SSSR count). The van der Waals surface area contributed by atoms with Gasteiger partial charge in [-0.2, -0.15) is 0 Å². The van der Waals surface area contributed by atoms with Crippen molar-refractivity contribution >= 4 is 5.95 Å². The Labute approximate surface area is 128 Å². The van der Waals surface area contributed by atoms with Crippen LogP contribution in [-0.4, -0.2) is 43.3 Å². The first kappa shape index (κ1) is 16.2. The average Bonchev–Trinajstić information content (AvgIpc) is 2.52. The van der Waals surface area contributed by atoms with Crippen LogP contribution in [0.5, 0.6) is 0 Å². The molecule has 0 amide bonds. The lowest BCUT2D eigenvalue weighted by Crippen LogP contribution is -2.36. The van der Waals surface area contributed by atoms with Crippen LogP contribution in [0.15, 0.2) is 12.4 Å². The molecule has 5 heteroatoms. The minimum Gasteiger partial charge on any atom is -0.383 e. The highest BCUT2D eigenvalue weighted by Crippen LogP contribution is 2.26. The Hall–Kier alpha value is -1.20. The molecule has 1 aromatic rings. The highest BCUT2D eigenvalue weighted by Gasteiger charge is 2.22.